The van der Waals surface area contributed by atoms with Crippen LogP contribution in [0, 0.1) is 5.41 Å². The molecule has 2 rings (SSSR count). The van der Waals surface area contributed by atoms with Crippen molar-refractivity contribution in [3.63, 3.8) is 0 Å². The summed E-state index contributed by atoms with van der Waals surface area (Å²) in [7, 11) is 1.96. The zero-order valence-corrected chi connectivity index (χ0v) is 11.5. The van der Waals surface area contributed by atoms with Crippen molar-refractivity contribution in [1.29, 1.82) is 5.41 Å². The lowest BCUT2D eigenvalue weighted by Crippen LogP contribution is -2.22. The molecule has 19 heavy (non-hydrogen) atoms. The topological polar surface area (TPSA) is 53.1 Å². The molecule has 4 heteroatoms. The highest BCUT2D eigenvalue weighted by atomic mass is 35.5. The molecule has 0 aliphatic rings. The number of nitrogen functional groups attached to an aromatic ring is 1. The van der Waals surface area contributed by atoms with Crippen LogP contribution >= 0.6 is 11.6 Å². The number of anilines is 1. The quantitative estimate of drug-likeness (QED) is 0.664. The average molecular weight is 274 g/mol. The Morgan fingerprint density at radius 2 is 1.89 bits per heavy atom. The molecule has 0 unspecified atom stereocenters. The summed E-state index contributed by atoms with van der Waals surface area (Å²) in [5, 5.41) is 8.27. The summed E-state index contributed by atoms with van der Waals surface area (Å²) in [5.41, 5.74) is 8.37. The van der Waals surface area contributed by atoms with E-state index in [-0.39, 0.29) is 5.84 Å². The lowest BCUT2D eigenvalue weighted by molar-refractivity contribution is 0.921. The summed E-state index contributed by atoms with van der Waals surface area (Å²) in [6.07, 6.45) is 0. The third kappa shape index (κ3) is 3.26. The molecule has 0 bridgehead atoms. The normalized spacial score (nSPS) is 10.2. The zero-order valence-electron chi connectivity index (χ0n) is 10.7. The monoisotopic (exact) mass is 273 g/mol. The van der Waals surface area contributed by atoms with Gasteiger partial charge in [-0.3, -0.25) is 5.41 Å². The van der Waals surface area contributed by atoms with E-state index in [9.17, 15) is 0 Å². The van der Waals surface area contributed by atoms with Gasteiger partial charge in [0.25, 0.3) is 0 Å². The molecule has 0 heterocycles. The number of rotatable bonds is 4. The summed E-state index contributed by atoms with van der Waals surface area (Å²) in [6.45, 7) is 0.738. The van der Waals surface area contributed by atoms with Crippen molar-refractivity contribution in [2.45, 2.75) is 6.54 Å². The molecule has 3 N–H and O–H groups in total. The fourth-order valence-corrected chi connectivity index (χ4v) is 2.16. The Kier molecular flexibility index (Phi) is 4.07. The Balaban J connectivity index is 2.30. The highest BCUT2D eigenvalue weighted by Crippen LogP contribution is 2.25. The van der Waals surface area contributed by atoms with Gasteiger partial charge in [-0.15, -0.1) is 0 Å². The molecule has 0 radical (unpaired) electrons. The van der Waals surface area contributed by atoms with E-state index in [2.05, 4.69) is 12.1 Å². The second-order valence-electron chi connectivity index (χ2n) is 4.42. The van der Waals surface area contributed by atoms with Crippen molar-refractivity contribution >= 4 is 23.1 Å². The molecule has 0 aromatic heterocycles. The SMILES string of the molecule is CN(Cc1ccccc1)c1cc(Cl)ccc1C(=N)N. The summed E-state index contributed by atoms with van der Waals surface area (Å²) >= 11 is 6.03. The number of hydrogen-bond acceptors (Lipinski definition) is 2. The Hall–Kier alpha value is -2.00. The number of hydrogen-bond donors (Lipinski definition) is 2. The van der Waals surface area contributed by atoms with E-state index in [1.54, 1.807) is 12.1 Å². The molecule has 2 aromatic rings. The third-order valence-electron chi connectivity index (χ3n) is 2.92. The molecule has 0 saturated carbocycles. The van der Waals surface area contributed by atoms with Gasteiger partial charge in [0, 0.05) is 29.9 Å². The second kappa shape index (κ2) is 5.76. The largest absolute Gasteiger partial charge is 0.384 e. The minimum atomic E-state index is 0.0478. The van der Waals surface area contributed by atoms with Crippen LogP contribution in [-0.4, -0.2) is 12.9 Å². The summed E-state index contributed by atoms with van der Waals surface area (Å²) < 4.78 is 0. The number of amidine groups is 1. The van der Waals surface area contributed by atoms with E-state index in [1.807, 2.05) is 36.2 Å². The molecule has 0 amide bonds. The van der Waals surface area contributed by atoms with E-state index < -0.39 is 0 Å². The van der Waals surface area contributed by atoms with Crippen LogP contribution in [0.25, 0.3) is 0 Å². The van der Waals surface area contributed by atoms with Gasteiger partial charge in [0.15, 0.2) is 0 Å². The first kappa shape index (κ1) is 13.4. The summed E-state index contributed by atoms with van der Waals surface area (Å²) in [5.74, 6) is 0.0478. The van der Waals surface area contributed by atoms with E-state index in [1.165, 1.54) is 5.56 Å². The first-order valence-electron chi connectivity index (χ1n) is 5.97. The van der Waals surface area contributed by atoms with Gasteiger partial charge in [0.05, 0.1) is 0 Å². The molecule has 98 valence electrons. The van der Waals surface area contributed by atoms with Gasteiger partial charge in [-0.2, -0.15) is 0 Å². The zero-order chi connectivity index (χ0) is 13.8. The number of nitrogens with two attached hydrogens (primary N) is 1. The van der Waals surface area contributed by atoms with Crippen LogP contribution in [0.5, 0.6) is 0 Å². The van der Waals surface area contributed by atoms with Crippen LogP contribution in [0.1, 0.15) is 11.1 Å². The van der Waals surface area contributed by atoms with Gasteiger partial charge in [-0.1, -0.05) is 41.9 Å². The van der Waals surface area contributed by atoms with Crippen LogP contribution in [-0.2, 0) is 6.54 Å². The molecule has 0 fully saturated rings. The first-order chi connectivity index (χ1) is 9.08. The maximum Gasteiger partial charge on any atom is 0.124 e. The minimum absolute atomic E-state index is 0.0478. The first-order valence-corrected chi connectivity index (χ1v) is 6.34. The van der Waals surface area contributed by atoms with Crippen molar-refractivity contribution in [2.75, 3.05) is 11.9 Å². The molecule has 2 aromatic carbocycles. The lowest BCUT2D eigenvalue weighted by atomic mass is 10.1. The number of halogens is 1. The van der Waals surface area contributed by atoms with Crippen molar-refractivity contribution in [3.8, 4) is 0 Å². The van der Waals surface area contributed by atoms with E-state index in [4.69, 9.17) is 22.7 Å². The summed E-state index contributed by atoms with van der Waals surface area (Å²) in [6, 6.07) is 15.5. The lowest BCUT2D eigenvalue weighted by Gasteiger charge is -2.22. The molecule has 0 spiro atoms. The highest BCUT2D eigenvalue weighted by molar-refractivity contribution is 6.31. The van der Waals surface area contributed by atoms with Gasteiger partial charge in [-0.25, -0.2) is 0 Å². The van der Waals surface area contributed by atoms with E-state index in [0.717, 1.165) is 12.2 Å². The van der Waals surface area contributed by atoms with Crippen molar-refractivity contribution < 1.29 is 0 Å². The van der Waals surface area contributed by atoms with Crippen molar-refractivity contribution in [3.05, 3.63) is 64.7 Å². The van der Waals surface area contributed by atoms with Crippen molar-refractivity contribution in [2.24, 2.45) is 5.73 Å². The molecule has 0 atom stereocenters. The Bertz CT molecular complexity index is 581. The van der Waals surface area contributed by atoms with Crippen molar-refractivity contribution in [1.82, 2.24) is 0 Å². The van der Waals surface area contributed by atoms with Gasteiger partial charge in [-0.05, 0) is 23.8 Å². The Morgan fingerprint density at radius 3 is 2.53 bits per heavy atom. The van der Waals surface area contributed by atoms with Crippen LogP contribution < -0.4 is 10.6 Å². The second-order valence-corrected chi connectivity index (χ2v) is 4.85. The van der Waals surface area contributed by atoms with E-state index >= 15 is 0 Å². The fraction of sp³-hybridized carbons (Fsp3) is 0.133. The molecular formula is C15H16ClN3. The molecule has 0 aliphatic heterocycles. The highest BCUT2D eigenvalue weighted by Gasteiger charge is 2.10. The maximum absolute atomic E-state index is 7.63. The van der Waals surface area contributed by atoms with Gasteiger partial charge < -0.3 is 10.6 Å². The average Bonchev–Trinajstić information content (AvgIpc) is 2.39. The standard InChI is InChI=1S/C15H16ClN3/c1-19(10-11-5-3-2-4-6-11)14-9-12(16)7-8-13(14)15(17)18/h2-9H,10H2,1H3,(H3,17,18). The van der Waals surface area contributed by atoms with Crippen LogP contribution in [0.3, 0.4) is 0 Å². The van der Waals surface area contributed by atoms with Crippen LogP contribution in [0.15, 0.2) is 48.5 Å². The fourth-order valence-electron chi connectivity index (χ4n) is 1.99. The van der Waals surface area contributed by atoms with Crippen LogP contribution in [0.2, 0.25) is 5.02 Å². The smallest absolute Gasteiger partial charge is 0.124 e. The molecule has 0 aliphatic carbocycles. The molecular weight excluding hydrogens is 258 g/mol. The van der Waals surface area contributed by atoms with Gasteiger partial charge in [0.1, 0.15) is 5.84 Å². The predicted octanol–water partition coefficient (Wildman–Crippen LogP) is 3.26. The summed E-state index contributed by atoms with van der Waals surface area (Å²) in [4.78, 5) is 2.04. The number of benzene rings is 2. The molecule has 3 nitrogen and oxygen atoms in total. The third-order valence-corrected chi connectivity index (χ3v) is 3.16. The predicted molar refractivity (Wildman–Crippen MR) is 81.0 cm³/mol. The van der Waals surface area contributed by atoms with Gasteiger partial charge in [0.2, 0.25) is 0 Å². The minimum Gasteiger partial charge on any atom is -0.384 e. The molecule has 0 saturated heterocycles. The number of nitrogens with one attached hydrogen (secondary N) is 1. The number of nitrogens with zero attached hydrogens (tertiary/aromatic N) is 1. The Morgan fingerprint density at radius 1 is 1.21 bits per heavy atom. The van der Waals surface area contributed by atoms with E-state index in [0.29, 0.717) is 10.6 Å². The van der Waals surface area contributed by atoms with Gasteiger partial charge >= 0.3 is 0 Å². The van der Waals surface area contributed by atoms with Crippen LogP contribution in [0.4, 0.5) is 5.69 Å². The Labute approximate surface area is 118 Å². The maximum atomic E-state index is 7.63.